The van der Waals surface area contributed by atoms with Crippen molar-refractivity contribution < 1.29 is 0 Å². The van der Waals surface area contributed by atoms with Crippen molar-refractivity contribution in [2.24, 2.45) is 0 Å². The number of hydrogen-bond acceptors (Lipinski definition) is 2. The predicted octanol–water partition coefficient (Wildman–Crippen LogP) is 2.56. The monoisotopic (exact) mass is 172 g/mol. The first-order valence-electron chi connectivity index (χ1n) is 4.36. The van der Waals surface area contributed by atoms with Gasteiger partial charge in [0.1, 0.15) is 6.33 Å². The van der Waals surface area contributed by atoms with Gasteiger partial charge in [-0.1, -0.05) is 0 Å². The van der Waals surface area contributed by atoms with E-state index in [1.807, 2.05) is 6.20 Å². The molecule has 2 nitrogen and oxygen atoms in total. The summed E-state index contributed by atoms with van der Waals surface area (Å²) in [6.45, 7) is 6.37. The molecule has 0 bridgehead atoms. The molecule has 0 atom stereocenters. The number of fused-ring (bicyclic) bond motifs is 1. The predicted molar refractivity (Wildman–Crippen MR) is 53.7 cm³/mol. The number of aryl methyl sites for hydroxylation is 2. The van der Waals surface area contributed by atoms with Crippen LogP contribution in [0.3, 0.4) is 0 Å². The lowest BCUT2D eigenvalue weighted by Gasteiger charge is -2.07. The molecule has 0 saturated carbocycles. The van der Waals surface area contributed by atoms with Gasteiger partial charge in [0.15, 0.2) is 0 Å². The molecule has 0 N–H and O–H groups in total. The van der Waals surface area contributed by atoms with E-state index in [9.17, 15) is 0 Å². The van der Waals surface area contributed by atoms with Crippen molar-refractivity contribution in [3.8, 4) is 0 Å². The van der Waals surface area contributed by atoms with Gasteiger partial charge < -0.3 is 0 Å². The average Bonchev–Trinajstić information content (AvgIpc) is 2.15. The minimum absolute atomic E-state index is 1.04. The summed E-state index contributed by atoms with van der Waals surface area (Å²) >= 11 is 0. The zero-order chi connectivity index (χ0) is 9.42. The summed E-state index contributed by atoms with van der Waals surface area (Å²) in [5.74, 6) is 0. The molecular weight excluding hydrogens is 160 g/mol. The normalized spacial score (nSPS) is 10.7. The van der Waals surface area contributed by atoms with Gasteiger partial charge in [-0.05, 0) is 43.5 Å². The zero-order valence-corrected chi connectivity index (χ0v) is 8.13. The Bertz CT molecular complexity index is 461. The molecule has 13 heavy (non-hydrogen) atoms. The topological polar surface area (TPSA) is 25.8 Å². The Morgan fingerprint density at radius 3 is 2.62 bits per heavy atom. The van der Waals surface area contributed by atoms with Crippen molar-refractivity contribution in [3.63, 3.8) is 0 Å². The van der Waals surface area contributed by atoms with Crippen LogP contribution in [0.2, 0.25) is 0 Å². The molecule has 0 spiro atoms. The zero-order valence-electron chi connectivity index (χ0n) is 8.13. The molecule has 0 fully saturated rings. The van der Waals surface area contributed by atoms with Gasteiger partial charge in [0.25, 0.3) is 0 Å². The van der Waals surface area contributed by atoms with E-state index in [2.05, 4.69) is 36.8 Å². The molecule has 0 saturated heterocycles. The third-order valence-electron chi connectivity index (χ3n) is 2.65. The van der Waals surface area contributed by atoms with Gasteiger partial charge in [-0.2, -0.15) is 0 Å². The molecule has 1 heterocycles. The quantitative estimate of drug-likeness (QED) is 0.610. The van der Waals surface area contributed by atoms with Crippen molar-refractivity contribution >= 4 is 10.9 Å². The first kappa shape index (κ1) is 8.17. The maximum atomic E-state index is 4.23. The van der Waals surface area contributed by atoms with Crippen LogP contribution in [-0.2, 0) is 0 Å². The van der Waals surface area contributed by atoms with Gasteiger partial charge >= 0.3 is 0 Å². The van der Waals surface area contributed by atoms with E-state index < -0.39 is 0 Å². The van der Waals surface area contributed by atoms with E-state index in [0.29, 0.717) is 0 Å². The SMILES string of the molecule is Cc1cc2ncncc2c(C)c1C. The van der Waals surface area contributed by atoms with Crippen LogP contribution in [0.4, 0.5) is 0 Å². The summed E-state index contributed by atoms with van der Waals surface area (Å²) in [7, 11) is 0. The number of hydrogen-bond donors (Lipinski definition) is 0. The Hall–Kier alpha value is -1.44. The van der Waals surface area contributed by atoms with Crippen molar-refractivity contribution in [1.82, 2.24) is 9.97 Å². The van der Waals surface area contributed by atoms with Crippen molar-refractivity contribution in [1.29, 1.82) is 0 Å². The average molecular weight is 172 g/mol. The Labute approximate surface area is 77.6 Å². The lowest BCUT2D eigenvalue weighted by Crippen LogP contribution is -1.91. The second kappa shape index (κ2) is 2.80. The van der Waals surface area contributed by atoms with Gasteiger partial charge in [-0.3, -0.25) is 0 Å². The van der Waals surface area contributed by atoms with Gasteiger partial charge in [0.05, 0.1) is 5.52 Å². The minimum Gasteiger partial charge on any atom is -0.244 e. The van der Waals surface area contributed by atoms with E-state index in [0.717, 1.165) is 10.9 Å². The summed E-state index contributed by atoms with van der Waals surface area (Å²) < 4.78 is 0. The van der Waals surface area contributed by atoms with Gasteiger partial charge in [0, 0.05) is 11.6 Å². The molecular formula is C11H12N2. The van der Waals surface area contributed by atoms with Crippen LogP contribution in [0.15, 0.2) is 18.6 Å². The van der Waals surface area contributed by atoms with Gasteiger partial charge in [0.2, 0.25) is 0 Å². The van der Waals surface area contributed by atoms with E-state index in [1.54, 1.807) is 6.33 Å². The molecule has 1 aromatic carbocycles. The second-order valence-electron chi connectivity index (χ2n) is 3.40. The highest BCUT2D eigenvalue weighted by Gasteiger charge is 2.03. The van der Waals surface area contributed by atoms with Crippen LogP contribution < -0.4 is 0 Å². The largest absolute Gasteiger partial charge is 0.244 e. The molecule has 0 radical (unpaired) electrons. The van der Waals surface area contributed by atoms with Crippen LogP contribution in [-0.4, -0.2) is 9.97 Å². The van der Waals surface area contributed by atoms with Gasteiger partial charge in [-0.25, -0.2) is 9.97 Å². The van der Waals surface area contributed by atoms with Crippen LogP contribution >= 0.6 is 0 Å². The van der Waals surface area contributed by atoms with Crippen LogP contribution in [0, 0.1) is 20.8 Å². The Kier molecular flexibility index (Phi) is 1.76. The number of nitrogens with zero attached hydrogens (tertiary/aromatic N) is 2. The summed E-state index contributed by atoms with van der Waals surface area (Å²) in [5, 5.41) is 1.16. The summed E-state index contributed by atoms with van der Waals surface area (Å²) in [4.78, 5) is 8.27. The third-order valence-corrected chi connectivity index (χ3v) is 2.65. The lowest BCUT2D eigenvalue weighted by atomic mass is 10.0. The van der Waals surface area contributed by atoms with E-state index in [4.69, 9.17) is 0 Å². The maximum absolute atomic E-state index is 4.23. The smallest absolute Gasteiger partial charge is 0.116 e. The first-order valence-corrected chi connectivity index (χ1v) is 4.36. The van der Waals surface area contributed by atoms with Crippen molar-refractivity contribution in [2.75, 3.05) is 0 Å². The van der Waals surface area contributed by atoms with Crippen molar-refractivity contribution in [2.45, 2.75) is 20.8 Å². The molecule has 0 aliphatic carbocycles. The molecule has 2 heteroatoms. The Balaban J connectivity index is 2.94. The fourth-order valence-corrected chi connectivity index (χ4v) is 1.55. The molecule has 2 aromatic rings. The molecule has 0 amide bonds. The fraction of sp³-hybridized carbons (Fsp3) is 0.273. The summed E-state index contributed by atoms with van der Waals surface area (Å²) in [6, 6.07) is 2.11. The highest BCUT2D eigenvalue weighted by atomic mass is 14.8. The molecule has 0 aliphatic heterocycles. The fourth-order valence-electron chi connectivity index (χ4n) is 1.55. The second-order valence-corrected chi connectivity index (χ2v) is 3.40. The Morgan fingerprint density at radius 2 is 1.85 bits per heavy atom. The van der Waals surface area contributed by atoms with Crippen LogP contribution in [0.25, 0.3) is 10.9 Å². The third kappa shape index (κ3) is 1.18. The summed E-state index contributed by atoms with van der Waals surface area (Å²) in [6.07, 6.45) is 3.47. The van der Waals surface area contributed by atoms with E-state index in [-0.39, 0.29) is 0 Å². The molecule has 1 aromatic heterocycles. The first-order chi connectivity index (χ1) is 6.20. The van der Waals surface area contributed by atoms with Crippen LogP contribution in [0.1, 0.15) is 16.7 Å². The maximum Gasteiger partial charge on any atom is 0.116 e. The number of rotatable bonds is 0. The highest BCUT2D eigenvalue weighted by molar-refractivity contribution is 5.83. The minimum atomic E-state index is 1.04. The standard InChI is InChI=1S/C11H12N2/c1-7-4-11-10(5-12-6-13-11)9(3)8(7)2/h4-6H,1-3H3. The molecule has 0 unspecified atom stereocenters. The lowest BCUT2D eigenvalue weighted by molar-refractivity contribution is 1.20. The molecule has 0 aliphatic rings. The van der Waals surface area contributed by atoms with Crippen molar-refractivity contribution in [3.05, 3.63) is 35.3 Å². The number of aromatic nitrogens is 2. The van der Waals surface area contributed by atoms with E-state index in [1.165, 1.54) is 16.7 Å². The molecule has 2 rings (SSSR count). The summed E-state index contributed by atoms with van der Waals surface area (Å²) in [5.41, 5.74) is 4.96. The van der Waals surface area contributed by atoms with Gasteiger partial charge in [-0.15, -0.1) is 0 Å². The number of benzene rings is 1. The van der Waals surface area contributed by atoms with Crippen LogP contribution in [0.5, 0.6) is 0 Å². The molecule has 66 valence electrons. The Morgan fingerprint density at radius 1 is 1.08 bits per heavy atom. The highest BCUT2D eigenvalue weighted by Crippen LogP contribution is 2.21. The van der Waals surface area contributed by atoms with E-state index >= 15 is 0 Å².